The minimum atomic E-state index is -3.96. The fourth-order valence-electron chi connectivity index (χ4n) is 5.15. The van der Waals surface area contributed by atoms with Gasteiger partial charge < -0.3 is 20.7 Å². The molecule has 2 atom stereocenters. The van der Waals surface area contributed by atoms with E-state index in [1.54, 1.807) is 24.3 Å². The number of primary amides is 1. The van der Waals surface area contributed by atoms with Crippen molar-refractivity contribution < 1.29 is 36.3 Å². The highest BCUT2D eigenvalue weighted by Crippen LogP contribution is 2.31. The van der Waals surface area contributed by atoms with Crippen molar-refractivity contribution in [3.63, 3.8) is 0 Å². The van der Waals surface area contributed by atoms with Gasteiger partial charge in [0.1, 0.15) is 24.5 Å². The minimum Gasteiger partial charge on any atom is -0.476 e. The molecule has 0 bridgehead atoms. The third-order valence-electron chi connectivity index (χ3n) is 7.20. The molecule has 3 amide bonds. The van der Waals surface area contributed by atoms with Crippen LogP contribution < -0.4 is 20.9 Å². The number of hydrogen-bond acceptors (Lipinski definition) is 7. The molecule has 1 saturated heterocycles. The van der Waals surface area contributed by atoms with Gasteiger partial charge in [0.2, 0.25) is 27.8 Å². The van der Waals surface area contributed by atoms with Crippen LogP contribution in [-0.4, -0.2) is 65.5 Å². The number of hydrogen-bond donors (Lipinski definition) is 3. The van der Waals surface area contributed by atoms with Crippen LogP contribution in [0.1, 0.15) is 22.5 Å². The van der Waals surface area contributed by atoms with E-state index >= 15 is 4.39 Å². The topological polar surface area (TPSA) is 180 Å². The molecule has 1 aliphatic rings. The van der Waals surface area contributed by atoms with Gasteiger partial charge in [0.15, 0.2) is 11.5 Å². The zero-order valence-electron chi connectivity index (χ0n) is 23.4. The van der Waals surface area contributed by atoms with Gasteiger partial charge in [-0.25, -0.2) is 22.3 Å². The molecule has 5 N–H and O–H groups in total. The molecular weight excluding hydrogens is 598 g/mol. The van der Waals surface area contributed by atoms with Crippen LogP contribution in [0, 0.1) is 12.7 Å². The van der Waals surface area contributed by atoms with Crippen molar-refractivity contribution in [2.45, 2.75) is 32.1 Å². The molecule has 3 aromatic carbocycles. The number of sulfonamides is 1. The summed E-state index contributed by atoms with van der Waals surface area (Å²) in [6.07, 6.45) is -1.83. The Morgan fingerprint density at radius 2 is 1.82 bits per heavy atom. The van der Waals surface area contributed by atoms with E-state index in [-0.39, 0.29) is 40.0 Å². The van der Waals surface area contributed by atoms with Gasteiger partial charge in [0.05, 0.1) is 17.7 Å². The average Bonchev–Trinajstić information content (AvgIpc) is 3.54. The zero-order chi connectivity index (χ0) is 31.8. The number of likely N-dealkylation sites (tertiary alicyclic amines) is 1. The fraction of sp³-hybridized carbons (Fsp3) is 0.241. The van der Waals surface area contributed by atoms with Gasteiger partial charge in [-0.2, -0.15) is 5.10 Å². The number of amides is 3. The SMILES string of the molecule is Cc1ccccc1-c1cccc(NC(=O)[C@@H]2C[C@@H](F)CN2C(=O)Cn2nc(C(N)=O)c3ccc(OCS(N)(=O)=O)cc32)c1F. The van der Waals surface area contributed by atoms with Gasteiger partial charge in [-0.15, -0.1) is 0 Å². The number of carbonyl (C=O) groups is 3. The van der Waals surface area contributed by atoms with Crippen molar-refractivity contribution in [2.24, 2.45) is 10.9 Å². The Morgan fingerprint density at radius 1 is 1.09 bits per heavy atom. The average molecular weight is 627 g/mol. The van der Waals surface area contributed by atoms with Gasteiger partial charge in [-0.05, 0) is 36.2 Å². The number of fused-ring (bicyclic) bond motifs is 1. The molecule has 0 unspecified atom stereocenters. The molecule has 0 saturated carbocycles. The highest BCUT2D eigenvalue weighted by atomic mass is 32.2. The first-order valence-corrected chi connectivity index (χ1v) is 15.1. The van der Waals surface area contributed by atoms with Crippen molar-refractivity contribution in [3.05, 3.63) is 77.7 Å². The van der Waals surface area contributed by atoms with Crippen LogP contribution >= 0.6 is 0 Å². The number of ether oxygens (including phenoxy) is 1. The normalized spacial score (nSPS) is 16.7. The lowest BCUT2D eigenvalue weighted by molar-refractivity contribution is -0.137. The Labute approximate surface area is 250 Å². The number of nitrogens with two attached hydrogens (primary N) is 2. The number of carbonyl (C=O) groups excluding carboxylic acids is 3. The molecule has 1 aromatic heterocycles. The molecule has 0 spiro atoms. The molecule has 0 radical (unpaired) electrons. The lowest BCUT2D eigenvalue weighted by Crippen LogP contribution is -2.44. The molecule has 0 aliphatic carbocycles. The van der Waals surface area contributed by atoms with Crippen molar-refractivity contribution in [2.75, 3.05) is 17.8 Å². The molecular formula is C29H28F2N6O6S. The summed E-state index contributed by atoms with van der Waals surface area (Å²) in [4.78, 5) is 39.8. The Morgan fingerprint density at radius 3 is 2.52 bits per heavy atom. The van der Waals surface area contributed by atoms with Crippen LogP contribution in [0.15, 0.2) is 60.7 Å². The number of alkyl halides is 1. The Balaban J connectivity index is 1.39. The second-order valence-electron chi connectivity index (χ2n) is 10.3. The van der Waals surface area contributed by atoms with Crippen molar-refractivity contribution >= 4 is 44.3 Å². The summed E-state index contributed by atoms with van der Waals surface area (Å²) in [7, 11) is -3.96. The van der Waals surface area contributed by atoms with E-state index in [0.29, 0.717) is 5.56 Å². The van der Waals surface area contributed by atoms with E-state index < -0.39 is 64.8 Å². The Bertz CT molecular complexity index is 1900. The van der Waals surface area contributed by atoms with Gasteiger partial charge in [-0.3, -0.25) is 19.1 Å². The molecule has 4 aromatic rings. The van der Waals surface area contributed by atoms with Crippen molar-refractivity contribution in [3.8, 4) is 16.9 Å². The van der Waals surface area contributed by atoms with Crippen LogP contribution in [0.5, 0.6) is 5.75 Å². The van der Waals surface area contributed by atoms with Crippen LogP contribution in [-0.2, 0) is 26.2 Å². The molecule has 1 fully saturated rings. The van der Waals surface area contributed by atoms with E-state index in [4.69, 9.17) is 15.6 Å². The number of nitrogens with zero attached hydrogens (tertiary/aromatic N) is 3. The molecule has 230 valence electrons. The monoisotopic (exact) mass is 626 g/mol. The number of primary sulfonamides is 1. The highest BCUT2D eigenvalue weighted by Gasteiger charge is 2.40. The fourth-order valence-corrected chi connectivity index (χ4v) is 5.45. The van der Waals surface area contributed by atoms with Crippen LogP contribution in [0.4, 0.5) is 14.5 Å². The first kappa shape index (κ1) is 30.6. The van der Waals surface area contributed by atoms with E-state index in [9.17, 15) is 27.2 Å². The number of aryl methyl sites for hydroxylation is 1. The van der Waals surface area contributed by atoms with Crippen LogP contribution in [0.25, 0.3) is 22.0 Å². The first-order chi connectivity index (χ1) is 20.8. The highest BCUT2D eigenvalue weighted by molar-refractivity contribution is 7.88. The largest absolute Gasteiger partial charge is 0.476 e. The number of benzene rings is 3. The smallest absolute Gasteiger partial charge is 0.269 e. The number of halogens is 2. The van der Waals surface area contributed by atoms with E-state index in [2.05, 4.69) is 10.4 Å². The second-order valence-corrected chi connectivity index (χ2v) is 11.9. The van der Waals surface area contributed by atoms with E-state index in [1.807, 2.05) is 19.1 Å². The molecule has 2 heterocycles. The summed E-state index contributed by atoms with van der Waals surface area (Å²) >= 11 is 0. The van der Waals surface area contributed by atoms with Crippen LogP contribution in [0.3, 0.4) is 0 Å². The summed E-state index contributed by atoms with van der Waals surface area (Å²) in [6.45, 7) is 0.903. The summed E-state index contributed by atoms with van der Waals surface area (Å²) in [6, 6.07) is 14.6. The van der Waals surface area contributed by atoms with Gasteiger partial charge in [0.25, 0.3) is 5.91 Å². The van der Waals surface area contributed by atoms with E-state index in [0.717, 1.165) is 15.1 Å². The number of anilines is 1. The summed E-state index contributed by atoms with van der Waals surface area (Å²) in [5.41, 5.74) is 7.08. The van der Waals surface area contributed by atoms with Gasteiger partial charge in [-0.1, -0.05) is 36.4 Å². The Kier molecular flexibility index (Phi) is 8.34. The zero-order valence-corrected chi connectivity index (χ0v) is 24.2. The number of nitrogens with one attached hydrogen (secondary N) is 1. The van der Waals surface area contributed by atoms with Gasteiger partial charge in [0, 0.05) is 23.4 Å². The third-order valence-corrected chi connectivity index (χ3v) is 7.64. The maximum atomic E-state index is 15.5. The summed E-state index contributed by atoms with van der Waals surface area (Å²) in [5.74, 6) is -3.84. The van der Waals surface area contributed by atoms with Crippen LogP contribution in [0.2, 0.25) is 0 Å². The first-order valence-electron chi connectivity index (χ1n) is 13.3. The summed E-state index contributed by atoms with van der Waals surface area (Å²) < 4.78 is 59.0. The molecule has 12 nitrogen and oxygen atoms in total. The number of rotatable bonds is 9. The minimum absolute atomic E-state index is 0.0494. The van der Waals surface area contributed by atoms with Crippen molar-refractivity contribution in [1.82, 2.24) is 14.7 Å². The maximum absolute atomic E-state index is 15.5. The lowest BCUT2D eigenvalue weighted by Gasteiger charge is -2.24. The molecule has 5 rings (SSSR count). The Hall–Kier alpha value is -4.89. The lowest BCUT2D eigenvalue weighted by atomic mass is 9.99. The predicted molar refractivity (Wildman–Crippen MR) is 157 cm³/mol. The second kappa shape index (κ2) is 12.0. The third kappa shape index (κ3) is 6.38. The molecule has 1 aliphatic heterocycles. The molecule has 15 heteroatoms. The van der Waals surface area contributed by atoms with E-state index in [1.165, 1.54) is 24.3 Å². The van der Waals surface area contributed by atoms with Crippen molar-refractivity contribution in [1.29, 1.82) is 0 Å². The van der Waals surface area contributed by atoms with Gasteiger partial charge >= 0.3 is 0 Å². The maximum Gasteiger partial charge on any atom is 0.269 e. The standard InChI is InChI=1S/C29H28F2N6O6S/c1-16-5-2-3-6-19(16)20-7-4-8-22(26(20)31)34-29(40)24-11-17(30)13-36(24)25(38)14-37-23-12-18(43-15-44(33,41)42)9-10-21(23)27(35-37)28(32)39/h2-10,12,17,24H,11,13-15H2,1H3,(H2,32,39)(H,34,40)(H2,33,41,42)/t17-,24+/m1/s1. The summed E-state index contributed by atoms with van der Waals surface area (Å²) in [5, 5.41) is 11.8. The predicted octanol–water partition coefficient (Wildman–Crippen LogP) is 2.45. The quantitative estimate of drug-likeness (QED) is 0.255. The number of aromatic nitrogens is 2. The molecule has 44 heavy (non-hydrogen) atoms.